The second kappa shape index (κ2) is 12.0. The van der Waals surface area contributed by atoms with Gasteiger partial charge in [-0.25, -0.2) is 4.79 Å². The zero-order valence-electron chi connectivity index (χ0n) is 21.2. The Balaban J connectivity index is 1.45. The molecule has 190 valence electrons. The average molecular weight is 504 g/mol. The molecule has 0 fully saturated rings. The van der Waals surface area contributed by atoms with Crippen LogP contribution in [0.2, 0.25) is 0 Å². The Morgan fingerprint density at radius 1 is 0.684 bits per heavy atom. The third-order valence-electron chi connectivity index (χ3n) is 6.25. The SMILES string of the molecule is COC(=O)c1c(-c2ccccc2)c[nH]c1Cc1cc(OCc2ccccc2)cc(OCc2ccccc2)c1. The molecule has 0 spiro atoms. The predicted octanol–water partition coefficient (Wildman–Crippen LogP) is 7.22. The molecule has 0 aliphatic heterocycles. The number of methoxy groups -OCH3 is 1. The van der Waals surface area contributed by atoms with Gasteiger partial charge in [-0.15, -0.1) is 0 Å². The molecule has 0 atom stereocenters. The van der Waals surface area contributed by atoms with Crippen molar-refractivity contribution in [1.82, 2.24) is 4.98 Å². The molecule has 0 amide bonds. The summed E-state index contributed by atoms with van der Waals surface area (Å²) >= 11 is 0. The van der Waals surface area contributed by atoms with Crippen LogP contribution in [0.25, 0.3) is 11.1 Å². The Labute approximate surface area is 222 Å². The molecule has 5 aromatic rings. The van der Waals surface area contributed by atoms with Crippen molar-refractivity contribution in [3.63, 3.8) is 0 Å². The second-order valence-electron chi connectivity index (χ2n) is 8.95. The van der Waals surface area contributed by atoms with Gasteiger partial charge in [0.15, 0.2) is 0 Å². The fourth-order valence-electron chi connectivity index (χ4n) is 4.37. The lowest BCUT2D eigenvalue weighted by Gasteiger charge is -2.13. The number of carbonyl (C=O) groups is 1. The highest BCUT2D eigenvalue weighted by Crippen LogP contribution is 2.31. The van der Waals surface area contributed by atoms with Gasteiger partial charge < -0.3 is 19.2 Å². The van der Waals surface area contributed by atoms with E-state index in [2.05, 4.69) is 4.98 Å². The smallest absolute Gasteiger partial charge is 0.340 e. The number of carbonyl (C=O) groups excluding carboxylic acids is 1. The summed E-state index contributed by atoms with van der Waals surface area (Å²) in [4.78, 5) is 16.1. The van der Waals surface area contributed by atoms with Gasteiger partial charge in [0.25, 0.3) is 0 Å². The minimum atomic E-state index is -0.378. The molecule has 1 heterocycles. The summed E-state index contributed by atoms with van der Waals surface area (Å²) in [5, 5.41) is 0. The van der Waals surface area contributed by atoms with Gasteiger partial charge in [-0.3, -0.25) is 0 Å². The van der Waals surface area contributed by atoms with Gasteiger partial charge in [0.1, 0.15) is 24.7 Å². The number of aromatic amines is 1. The molecular formula is C33H29NO4. The molecule has 5 heteroatoms. The van der Waals surface area contributed by atoms with Gasteiger partial charge in [-0.2, -0.15) is 0 Å². The van der Waals surface area contributed by atoms with Crippen molar-refractivity contribution in [1.29, 1.82) is 0 Å². The van der Waals surface area contributed by atoms with Crippen LogP contribution in [-0.4, -0.2) is 18.1 Å². The van der Waals surface area contributed by atoms with Crippen LogP contribution in [0.5, 0.6) is 11.5 Å². The topological polar surface area (TPSA) is 60.6 Å². The number of nitrogens with one attached hydrogen (secondary N) is 1. The number of hydrogen-bond donors (Lipinski definition) is 1. The fourth-order valence-corrected chi connectivity index (χ4v) is 4.37. The quantitative estimate of drug-likeness (QED) is 0.205. The summed E-state index contributed by atoms with van der Waals surface area (Å²) in [6.45, 7) is 0.882. The number of ether oxygens (including phenoxy) is 3. The van der Waals surface area contributed by atoms with E-state index in [1.807, 2.05) is 115 Å². The van der Waals surface area contributed by atoms with Gasteiger partial charge in [0, 0.05) is 29.9 Å². The highest BCUT2D eigenvalue weighted by molar-refractivity contribution is 5.98. The molecule has 0 bridgehead atoms. The number of hydrogen-bond acceptors (Lipinski definition) is 4. The maximum Gasteiger partial charge on any atom is 0.340 e. The van der Waals surface area contributed by atoms with E-state index in [0.29, 0.717) is 36.7 Å². The van der Waals surface area contributed by atoms with Crippen LogP contribution in [-0.2, 0) is 24.4 Å². The number of rotatable bonds is 10. The van der Waals surface area contributed by atoms with Crippen molar-refractivity contribution in [3.05, 3.63) is 143 Å². The molecule has 4 aromatic carbocycles. The van der Waals surface area contributed by atoms with Gasteiger partial charge in [0.05, 0.1) is 12.7 Å². The standard InChI is InChI=1S/C33H29NO4/c1-36-33(35)32-30(27-15-9-4-10-16-27)21-34-31(32)19-26-17-28(37-22-24-11-5-2-6-12-24)20-29(18-26)38-23-25-13-7-3-8-14-25/h2-18,20-21,34H,19,22-23H2,1H3. The lowest BCUT2D eigenvalue weighted by Crippen LogP contribution is -2.06. The van der Waals surface area contributed by atoms with Crippen molar-refractivity contribution < 1.29 is 19.0 Å². The molecule has 0 radical (unpaired) electrons. The molecule has 0 aliphatic carbocycles. The van der Waals surface area contributed by atoms with Gasteiger partial charge in [0.2, 0.25) is 0 Å². The normalized spacial score (nSPS) is 10.7. The maximum atomic E-state index is 12.8. The first-order valence-corrected chi connectivity index (χ1v) is 12.5. The third kappa shape index (κ3) is 6.13. The van der Waals surface area contributed by atoms with Gasteiger partial charge >= 0.3 is 5.97 Å². The van der Waals surface area contributed by atoms with Crippen molar-refractivity contribution in [2.45, 2.75) is 19.6 Å². The predicted molar refractivity (Wildman–Crippen MR) is 148 cm³/mol. The highest BCUT2D eigenvalue weighted by atomic mass is 16.5. The molecule has 0 saturated heterocycles. The van der Waals surface area contributed by atoms with Gasteiger partial charge in [-0.05, 0) is 34.4 Å². The summed E-state index contributed by atoms with van der Waals surface area (Å²) < 4.78 is 17.5. The van der Waals surface area contributed by atoms with E-state index in [0.717, 1.165) is 33.5 Å². The molecule has 1 N–H and O–H groups in total. The van der Waals surface area contributed by atoms with Crippen LogP contribution in [0.15, 0.2) is 115 Å². The number of esters is 1. The maximum absolute atomic E-state index is 12.8. The van der Waals surface area contributed by atoms with E-state index < -0.39 is 0 Å². The van der Waals surface area contributed by atoms with E-state index in [9.17, 15) is 4.79 Å². The molecule has 0 aliphatic rings. The average Bonchev–Trinajstić information content (AvgIpc) is 3.39. The van der Waals surface area contributed by atoms with Crippen molar-refractivity contribution >= 4 is 5.97 Å². The van der Waals surface area contributed by atoms with E-state index in [1.165, 1.54) is 7.11 Å². The van der Waals surface area contributed by atoms with Crippen LogP contribution in [0.4, 0.5) is 0 Å². The van der Waals surface area contributed by atoms with Crippen LogP contribution in [0.3, 0.4) is 0 Å². The Morgan fingerprint density at radius 2 is 1.21 bits per heavy atom. The first kappa shape index (κ1) is 24.9. The lowest BCUT2D eigenvalue weighted by molar-refractivity contribution is 0.0600. The van der Waals surface area contributed by atoms with Crippen molar-refractivity contribution in [2.75, 3.05) is 7.11 Å². The molecule has 0 unspecified atom stereocenters. The van der Waals surface area contributed by atoms with Crippen LogP contribution >= 0.6 is 0 Å². The van der Waals surface area contributed by atoms with Crippen molar-refractivity contribution in [3.8, 4) is 22.6 Å². The summed E-state index contributed by atoms with van der Waals surface area (Å²) in [6.07, 6.45) is 2.33. The van der Waals surface area contributed by atoms with E-state index >= 15 is 0 Å². The molecule has 1 aromatic heterocycles. The summed E-state index contributed by atoms with van der Waals surface area (Å²) in [7, 11) is 1.40. The summed E-state index contributed by atoms with van der Waals surface area (Å²) in [6, 6.07) is 35.8. The first-order chi connectivity index (χ1) is 18.7. The Kier molecular flexibility index (Phi) is 7.85. The Hall–Kier alpha value is -4.77. The number of H-pyrrole nitrogens is 1. The van der Waals surface area contributed by atoms with Crippen LogP contribution in [0, 0.1) is 0 Å². The van der Waals surface area contributed by atoms with E-state index in [4.69, 9.17) is 14.2 Å². The van der Waals surface area contributed by atoms with E-state index in [-0.39, 0.29) is 5.97 Å². The minimum Gasteiger partial charge on any atom is -0.489 e. The zero-order valence-corrected chi connectivity index (χ0v) is 21.2. The molecule has 5 nitrogen and oxygen atoms in total. The van der Waals surface area contributed by atoms with Crippen LogP contribution < -0.4 is 9.47 Å². The fraction of sp³-hybridized carbons (Fsp3) is 0.121. The van der Waals surface area contributed by atoms with E-state index in [1.54, 1.807) is 0 Å². The monoisotopic (exact) mass is 503 g/mol. The Morgan fingerprint density at radius 3 is 1.74 bits per heavy atom. The third-order valence-corrected chi connectivity index (χ3v) is 6.25. The van der Waals surface area contributed by atoms with Crippen LogP contribution in [0.1, 0.15) is 32.7 Å². The number of aromatic nitrogens is 1. The largest absolute Gasteiger partial charge is 0.489 e. The summed E-state index contributed by atoms with van der Waals surface area (Å²) in [5.74, 6) is 1.02. The highest BCUT2D eigenvalue weighted by Gasteiger charge is 2.21. The lowest BCUT2D eigenvalue weighted by atomic mass is 10.00. The molecule has 38 heavy (non-hydrogen) atoms. The number of benzene rings is 4. The zero-order chi connectivity index (χ0) is 26.2. The molecule has 5 rings (SSSR count). The molecule has 0 saturated carbocycles. The summed E-state index contributed by atoms with van der Waals surface area (Å²) in [5.41, 5.74) is 6.16. The second-order valence-corrected chi connectivity index (χ2v) is 8.95. The first-order valence-electron chi connectivity index (χ1n) is 12.5. The van der Waals surface area contributed by atoms with Crippen molar-refractivity contribution in [2.24, 2.45) is 0 Å². The molecular weight excluding hydrogens is 474 g/mol. The minimum absolute atomic E-state index is 0.378. The Bertz CT molecular complexity index is 1420. The van der Waals surface area contributed by atoms with Gasteiger partial charge in [-0.1, -0.05) is 91.0 Å².